The molecule has 194 valence electrons. The highest BCUT2D eigenvalue weighted by Crippen LogP contribution is 2.51. The molecule has 0 saturated carbocycles. The molecule has 0 bridgehead atoms. The smallest absolute Gasteiger partial charge is 0.311 e. The highest BCUT2D eigenvalue weighted by atomic mass is 32.2. The van der Waals surface area contributed by atoms with E-state index in [1.807, 2.05) is 0 Å². The van der Waals surface area contributed by atoms with E-state index < -0.39 is 47.1 Å². The molecule has 0 radical (unpaired) electrons. The number of nitrogens with two attached hydrogens (primary N) is 1. The average molecular weight is 525 g/mol. The second-order valence-corrected chi connectivity index (χ2v) is 13.3. The van der Waals surface area contributed by atoms with Gasteiger partial charge in [0.2, 0.25) is 17.4 Å². The molecule has 5 N–H and O–H groups in total. The highest BCUT2D eigenvalue weighted by molar-refractivity contribution is 7.90. The van der Waals surface area contributed by atoms with Crippen LogP contribution in [0.4, 0.5) is 0 Å². The van der Waals surface area contributed by atoms with E-state index in [9.17, 15) is 27.8 Å². The lowest BCUT2D eigenvalue weighted by Crippen LogP contribution is -2.39. The molecule has 0 aliphatic carbocycles. The average Bonchev–Trinajstić information content (AvgIpc) is 2.81. The number of carbonyl (C=O) groups is 1. The second-order valence-electron chi connectivity index (χ2n) is 9.19. The molecular weight excluding hydrogens is 487 g/mol. The number of hydrogen-bond acceptors (Lipinski definition) is 5. The third-order valence-electron chi connectivity index (χ3n) is 5.98. The Morgan fingerprint density at radius 3 is 2.29 bits per heavy atom. The second kappa shape index (κ2) is 12.8. The summed E-state index contributed by atoms with van der Waals surface area (Å²) in [5.41, 5.74) is 7.71. The van der Waals surface area contributed by atoms with Gasteiger partial charge >= 0.3 is 5.97 Å². The number of hydrogen-bond donors (Lipinski definition) is 4. The number of aryl methyl sites for hydroxylation is 1. The van der Waals surface area contributed by atoms with Gasteiger partial charge in [-0.3, -0.25) is 9.36 Å². The van der Waals surface area contributed by atoms with Gasteiger partial charge in [0.1, 0.15) is 5.78 Å². The maximum Gasteiger partial charge on any atom is 0.311 e. The minimum Gasteiger partial charge on any atom is -0.481 e. The van der Waals surface area contributed by atoms with Gasteiger partial charge in [0.15, 0.2) is 0 Å². The van der Waals surface area contributed by atoms with Crippen LogP contribution in [0.2, 0.25) is 0 Å². The van der Waals surface area contributed by atoms with Crippen molar-refractivity contribution in [3.63, 3.8) is 0 Å². The first kappa shape index (κ1) is 29.2. The molecule has 2 aromatic carbocycles. The summed E-state index contributed by atoms with van der Waals surface area (Å²) in [7, 11) is -8.41. The first-order chi connectivity index (χ1) is 16.4. The van der Waals surface area contributed by atoms with E-state index in [0.29, 0.717) is 11.1 Å². The van der Waals surface area contributed by atoms with Gasteiger partial charge in [-0.15, -0.1) is 0 Å². The lowest BCUT2D eigenvalue weighted by molar-refractivity contribution is -0.138. The van der Waals surface area contributed by atoms with Crippen molar-refractivity contribution in [1.29, 1.82) is 0 Å². The van der Waals surface area contributed by atoms with Gasteiger partial charge in [0, 0.05) is 12.7 Å². The number of rotatable bonds is 14. The van der Waals surface area contributed by atoms with Crippen molar-refractivity contribution >= 4 is 23.4 Å². The monoisotopic (exact) mass is 524 g/mol. The lowest BCUT2D eigenvalue weighted by Gasteiger charge is -2.29. The highest BCUT2D eigenvalue weighted by Gasteiger charge is 2.40. The summed E-state index contributed by atoms with van der Waals surface area (Å²) in [6.45, 7) is 5.56. The number of nitrogens with one attached hydrogen (secondary N) is 1. The van der Waals surface area contributed by atoms with Gasteiger partial charge in [0.25, 0.3) is 0 Å². The van der Waals surface area contributed by atoms with E-state index in [-0.39, 0.29) is 11.4 Å². The van der Waals surface area contributed by atoms with Crippen LogP contribution in [0.25, 0.3) is 0 Å². The minimum absolute atomic E-state index is 0.00665. The van der Waals surface area contributed by atoms with E-state index in [4.69, 9.17) is 5.73 Å². The third kappa shape index (κ3) is 8.26. The van der Waals surface area contributed by atoms with Crippen LogP contribution >= 0.6 is 7.37 Å². The summed E-state index contributed by atoms with van der Waals surface area (Å²) in [6, 6.07) is 13.0. The molecule has 10 heteroatoms. The summed E-state index contributed by atoms with van der Waals surface area (Å²) in [4.78, 5) is 23.0. The first-order valence-electron chi connectivity index (χ1n) is 11.9. The lowest BCUT2D eigenvalue weighted by atomic mass is 9.99. The Hall–Kier alpha value is -2.03. The molecule has 0 amide bonds. The third-order valence-corrected chi connectivity index (χ3v) is 10.1. The van der Waals surface area contributed by atoms with E-state index in [1.165, 1.54) is 12.1 Å². The van der Waals surface area contributed by atoms with Crippen LogP contribution in [0, 0.1) is 5.92 Å². The number of carboxylic acid groups (broad SMARTS) is 1. The fourth-order valence-corrected chi connectivity index (χ4v) is 8.31. The summed E-state index contributed by atoms with van der Waals surface area (Å²) in [5, 5.41) is 9.79. The molecule has 0 heterocycles. The molecule has 0 fully saturated rings. The molecule has 3 unspecified atom stereocenters. The fraction of sp³-hybridized carbons (Fsp3) is 0.480. The van der Waals surface area contributed by atoms with Gasteiger partial charge in [-0.1, -0.05) is 70.0 Å². The molecule has 35 heavy (non-hydrogen) atoms. The Bertz CT molecular complexity index is 1130. The molecule has 2 rings (SSSR count). The predicted octanol–water partition coefficient (Wildman–Crippen LogP) is 4.28. The molecule has 2 aromatic rings. The maximum atomic E-state index is 13.4. The van der Waals surface area contributed by atoms with Crippen molar-refractivity contribution < 1.29 is 27.8 Å². The summed E-state index contributed by atoms with van der Waals surface area (Å²) >= 11 is 0. The molecule has 0 saturated heterocycles. The van der Waals surface area contributed by atoms with Gasteiger partial charge in [-0.25, -0.2) is 8.42 Å². The maximum absolute atomic E-state index is 13.4. The van der Waals surface area contributed by atoms with Gasteiger partial charge in [-0.2, -0.15) is 4.72 Å². The van der Waals surface area contributed by atoms with Crippen LogP contribution in [-0.2, 0) is 32.3 Å². The summed E-state index contributed by atoms with van der Waals surface area (Å²) in [5.74, 6) is -4.46. The minimum atomic E-state index is -4.31. The molecule has 0 aromatic heterocycles. The Balaban J connectivity index is 2.27. The van der Waals surface area contributed by atoms with Crippen LogP contribution in [0.15, 0.2) is 53.4 Å². The molecule has 0 aliphatic rings. The zero-order valence-corrected chi connectivity index (χ0v) is 22.3. The van der Waals surface area contributed by atoms with Crippen molar-refractivity contribution in [3.8, 4) is 0 Å². The normalized spacial score (nSPS) is 15.5. The van der Waals surface area contributed by atoms with Gasteiger partial charge < -0.3 is 15.7 Å². The largest absolute Gasteiger partial charge is 0.481 e. The topological polar surface area (TPSA) is 147 Å². The van der Waals surface area contributed by atoms with Crippen molar-refractivity contribution in [2.75, 3.05) is 6.16 Å². The Morgan fingerprint density at radius 1 is 1.09 bits per heavy atom. The molecule has 8 nitrogen and oxygen atoms in total. The Kier molecular flexibility index (Phi) is 10.7. The quantitative estimate of drug-likeness (QED) is 0.213. The molecule has 3 atom stereocenters. The van der Waals surface area contributed by atoms with E-state index in [2.05, 4.69) is 11.6 Å². The zero-order valence-electron chi connectivity index (χ0n) is 20.6. The van der Waals surface area contributed by atoms with Crippen molar-refractivity contribution in [2.24, 2.45) is 11.7 Å². The summed E-state index contributed by atoms with van der Waals surface area (Å²) in [6.07, 6.45) is 3.44. The van der Waals surface area contributed by atoms with Crippen LogP contribution in [0.1, 0.15) is 62.6 Å². The number of unbranched alkanes of at least 4 members (excludes halogenated alkanes) is 2. The first-order valence-corrected chi connectivity index (χ1v) is 15.3. The van der Waals surface area contributed by atoms with Gasteiger partial charge in [-0.05, 0) is 47.6 Å². The van der Waals surface area contributed by atoms with Crippen molar-refractivity contribution in [1.82, 2.24) is 4.72 Å². The number of sulfonamides is 1. The van der Waals surface area contributed by atoms with Crippen molar-refractivity contribution in [3.05, 3.63) is 65.2 Å². The number of aliphatic carboxylic acids is 1. The predicted molar refractivity (Wildman–Crippen MR) is 138 cm³/mol. The van der Waals surface area contributed by atoms with E-state index in [1.54, 1.807) is 50.2 Å². The number of carboxylic acids is 1. The summed E-state index contributed by atoms with van der Waals surface area (Å²) < 4.78 is 42.0. The van der Waals surface area contributed by atoms with E-state index >= 15 is 0 Å². The van der Waals surface area contributed by atoms with E-state index in [0.717, 1.165) is 31.2 Å². The van der Waals surface area contributed by atoms with Crippen LogP contribution < -0.4 is 10.5 Å². The number of benzene rings is 2. The Morgan fingerprint density at radius 2 is 1.74 bits per heavy atom. The molecule has 0 spiro atoms. The molecule has 0 aliphatic heterocycles. The standard InChI is InChI=1S/C25H37N2O6PS/c1-4-5-6-8-19-11-13-22(14-12-19)35(32,33)27-24(18(2)3)34(30,31)17-23(25(28)29)21-10-7-9-20(15-21)16-26/h7,9-15,18,23-24,27H,4-6,8,16-17,26H2,1-3H3,(H,28,29)(H,30,31). The zero-order chi connectivity index (χ0) is 26.2. The molecular formula is C25H37N2O6PS. The van der Waals surface area contributed by atoms with Crippen LogP contribution in [0.5, 0.6) is 0 Å². The van der Waals surface area contributed by atoms with Crippen LogP contribution in [0.3, 0.4) is 0 Å². The SMILES string of the molecule is CCCCCc1ccc(S(=O)(=O)NC(C(C)C)P(=O)(O)CC(C(=O)O)c2cccc(CN)c2)cc1. The van der Waals surface area contributed by atoms with Crippen molar-refractivity contribution in [2.45, 2.75) is 69.6 Å². The van der Waals surface area contributed by atoms with Gasteiger partial charge in [0.05, 0.1) is 10.8 Å². The fourth-order valence-electron chi connectivity index (χ4n) is 3.96. The van der Waals surface area contributed by atoms with Crippen LogP contribution in [-0.4, -0.2) is 36.3 Å². The Labute approximate surface area is 208 Å².